The zero-order valence-electron chi connectivity index (χ0n) is 12.3. The van der Waals surface area contributed by atoms with Crippen LogP contribution < -0.4 is 10.1 Å². The van der Waals surface area contributed by atoms with Crippen LogP contribution in [-0.4, -0.2) is 29.1 Å². The summed E-state index contributed by atoms with van der Waals surface area (Å²) in [4.78, 5) is 23.3. The first kappa shape index (κ1) is 17.3. The van der Waals surface area contributed by atoms with Crippen molar-refractivity contribution in [3.63, 3.8) is 0 Å². The topological polar surface area (TPSA) is 75.6 Å². The molecule has 6 heteroatoms. The Kier molecular flexibility index (Phi) is 6.49. The van der Waals surface area contributed by atoms with E-state index in [1.54, 1.807) is 45.0 Å². The van der Waals surface area contributed by atoms with Gasteiger partial charge in [0.2, 0.25) is 0 Å². The average molecular weight is 314 g/mol. The number of para-hydroxylation sites is 1. The van der Waals surface area contributed by atoms with Gasteiger partial charge in [-0.15, -0.1) is 0 Å². The van der Waals surface area contributed by atoms with Crippen LogP contribution in [0.25, 0.3) is 0 Å². The number of carboxylic acids is 1. The van der Waals surface area contributed by atoms with E-state index in [0.717, 1.165) is 0 Å². The summed E-state index contributed by atoms with van der Waals surface area (Å²) in [5.41, 5.74) is 0. The van der Waals surface area contributed by atoms with E-state index < -0.39 is 24.0 Å². The van der Waals surface area contributed by atoms with Gasteiger partial charge in [-0.25, -0.2) is 4.79 Å². The number of amides is 1. The van der Waals surface area contributed by atoms with Crippen molar-refractivity contribution in [2.75, 3.05) is 0 Å². The lowest BCUT2D eigenvalue weighted by Crippen LogP contribution is -2.49. The van der Waals surface area contributed by atoms with Gasteiger partial charge in [0.15, 0.2) is 6.10 Å². The maximum Gasteiger partial charge on any atom is 0.326 e. The number of nitrogens with one attached hydrogen (secondary N) is 1. The Morgan fingerprint density at radius 3 is 2.43 bits per heavy atom. The van der Waals surface area contributed by atoms with Gasteiger partial charge in [-0.1, -0.05) is 44.5 Å². The van der Waals surface area contributed by atoms with E-state index in [1.807, 2.05) is 0 Å². The number of halogens is 1. The smallest absolute Gasteiger partial charge is 0.326 e. The summed E-state index contributed by atoms with van der Waals surface area (Å²) in [6, 6.07) is 5.89. The largest absolute Gasteiger partial charge is 0.480 e. The number of rotatable bonds is 7. The molecular weight excluding hydrogens is 294 g/mol. The molecule has 2 atom stereocenters. The SMILES string of the molecule is CCC(Oc1ccccc1Cl)C(=O)N[C@@H](C(=O)O)C(C)C. The van der Waals surface area contributed by atoms with E-state index in [-0.39, 0.29) is 5.92 Å². The van der Waals surface area contributed by atoms with E-state index in [9.17, 15) is 9.59 Å². The van der Waals surface area contributed by atoms with Crippen LogP contribution in [0.3, 0.4) is 0 Å². The molecule has 1 aromatic carbocycles. The number of carboxylic acid groups (broad SMARTS) is 1. The van der Waals surface area contributed by atoms with Crippen molar-refractivity contribution in [3.8, 4) is 5.75 Å². The Hall–Kier alpha value is -1.75. The number of aliphatic carboxylic acids is 1. The summed E-state index contributed by atoms with van der Waals surface area (Å²) in [7, 11) is 0. The minimum absolute atomic E-state index is 0.218. The minimum Gasteiger partial charge on any atom is -0.480 e. The van der Waals surface area contributed by atoms with Gasteiger partial charge in [0, 0.05) is 0 Å². The average Bonchev–Trinajstić information content (AvgIpc) is 2.42. The number of carbonyl (C=O) groups excluding carboxylic acids is 1. The molecule has 0 fully saturated rings. The second kappa shape index (κ2) is 7.88. The van der Waals surface area contributed by atoms with E-state index in [1.165, 1.54) is 0 Å². The molecule has 0 saturated heterocycles. The highest BCUT2D eigenvalue weighted by Crippen LogP contribution is 2.24. The lowest BCUT2D eigenvalue weighted by molar-refractivity contribution is -0.144. The van der Waals surface area contributed by atoms with Gasteiger partial charge < -0.3 is 15.2 Å². The zero-order valence-corrected chi connectivity index (χ0v) is 13.1. The van der Waals surface area contributed by atoms with Crippen molar-refractivity contribution >= 4 is 23.5 Å². The number of benzene rings is 1. The fourth-order valence-electron chi connectivity index (χ4n) is 1.78. The molecule has 0 bridgehead atoms. The molecule has 116 valence electrons. The summed E-state index contributed by atoms with van der Waals surface area (Å²) in [6.07, 6.45) is -0.382. The summed E-state index contributed by atoms with van der Waals surface area (Å²) >= 11 is 5.99. The quantitative estimate of drug-likeness (QED) is 0.811. The van der Waals surface area contributed by atoms with Crippen molar-refractivity contribution in [2.45, 2.75) is 39.3 Å². The third kappa shape index (κ3) is 4.93. The molecule has 1 unspecified atom stereocenters. The van der Waals surface area contributed by atoms with Gasteiger partial charge in [0.05, 0.1) is 5.02 Å². The maximum atomic E-state index is 12.2. The third-order valence-electron chi connectivity index (χ3n) is 3.00. The van der Waals surface area contributed by atoms with Gasteiger partial charge in [-0.05, 0) is 24.5 Å². The normalized spacial score (nSPS) is 13.6. The Bertz CT molecular complexity index is 504. The highest BCUT2D eigenvalue weighted by atomic mass is 35.5. The Morgan fingerprint density at radius 2 is 1.95 bits per heavy atom. The maximum absolute atomic E-state index is 12.2. The fourth-order valence-corrected chi connectivity index (χ4v) is 1.96. The zero-order chi connectivity index (χ0) is 16.0. The molecule has 2 N–H and O–H groups in total. The predicted molar refractivity (Wildman–Crippen MR) is 80.6 cm³/mol. The van der Waals surface area contributed by atoms with Crippen LogP contribution in [0.2, 0.25) is 5.02 Å². The van der Waals surface area contributed by atoms with Crippen molar-refractivity contribution < 1.29 is 19.4 Å². The molecule has 0 radical (unpaired) electrons. The monoisotopic (exact) mass is 313 g/mol. The molecule has 0 aromatic heterocycles. The van der Waals surface area contributed by atoms with Crippen LogP contribution in [-0.2, 0) is 9.59 Å². The van der Waals surface area contributed by atoms with Crippen LogP contribution >= 0.6 is 11.6 Å². The van der Waals surface area contributed by atoms with Crippen LogP contribution in [0.15, 0.2) is 24.3 Å². The van der Waals surface area contributed by atoms with Crippen molar-refractivity contribution in [2.24, 2.45) is 5.92 Å². The van der Waals surface area contributed by atoms with E-state index in [4.69, 9.17) is 21.4 Å². The molecule has 0 aliphatic carbocycles. The molecule has 1 aromatic rings. The molecule has 1 rings (SSSR count). The molecule has 21 heavy (non-hydrogen) atoms. The van der Waals surface area contributed by atoms with Crippen LogP contribution in [0.4, 0.5) is 0 Å². The van der Waals surface area contributed by atoms with Crippen molar-refractivity contribution in [1.82, 2.24) is 5.32 Å². The fraction of sp³-hybridized carbons (Fsp3) is 0.467. The Labute approximate surface area is 129 Å². The van der Waals surface area contributed by atoms with Crippen molar-refractivity contribution in [1.29, 1.82) is 0 Å². The molecule has 0 saturated carbocycles. The summed E-state index contributed by atoms with van der Waals surface area (Å²) < 4.78 is 5.58. The Morgan fingerprint density at radius 1 is 1.33 bits per heavy atom. The molecule has 0 spiro atoms. The highest BCUT2D eigenvalue weighted by molar-refractivity contribution is 6.32. The first-order valence-corrected chi connectivity index (χ1v) is 7.19. The van der Waals surface area contributed by atoms with Gasteiger partial charge in [0.25, 0.3) is 5.91 Å². The van der Waals surface area contributed by atoms with Crippen LogP contribution in [0.5, 0.6) is 5.75 Å². The number of hydrogen-bond acceptors (Lipinski definition) is 3. The lowest BCUT2D eigenvalue weighted by atomic mass is 10.0. The highest BCUT2D eigenvalue weighted by Gasteiger charge is 2.28. The molecule has 5 nitrogen and oxygen atoms in total. The van der Waals surface area contributed by atoms with E-state index in [0.29, 0.717) is 17.2 Å². The molecule has 0 aliphatic rings. The predicted octanol–water partition coefficient (Wildman–Crippen LogP) is 2.72. The standard InChI is InChI=1S/C15H20ClNO4/c1-4-11(21-12-8-6-5-7-10(12)16)14(18)17-13(9(2)3)15(19)20/h5-9,11,13H,4H2,1-3H3,(H,17,18)(H,19,20)/t11?,13-/m1/s1. The van der Waals surface area contributed by atoms with Crippen LogP contribution in [0.1, 0.15) is 27.2 Å². The van der Waals surface area contributed by atoms with Gasteiger partial charge in [-0.3, -0.25) is 4.79 Å². The number of carbonyl (C=O) groups is 2. The number of ether oxygens (including phenoxy) is 1. The van der Waals surface area contributed by atoms with Gasteiger partial charge >= 0.3 is 5.97 Å². The number of hydrogen-bond donors (Lipinski definition) is 2. The van der Waals surface area contributed by atoms with Gasteiger partial charge in [0.1, 0.15) is 11.8 Å². The minimum atomic E-state index is -1.06. The Balaban J connectivity index is 2.78. The first-order valence-electron chi connectivity index (χ1n) is 6.81. The summed E-state index contributed by atoms with van der Waals surface area (Å²) in [6.45, 7) is 5.25. The first-order chi connectivity index (χ1) is 9.86. The van der Waals surface area contributed by atoms with E-state index >= 15 is 0 Å². The molecule has 0 heterocycles. The molecular formula is C15H20ClNO4. The third-order valence-corrected chi connectivity index (χ3v) is 3.31. The molecule has 0 aliphatic heterocycles. The van der Waals surface area contributed by atoms with Gasteiger partial charge in [-0.2, -0.15) is 0 Å². The van der Waals surface area contributed by atoms with Crippen LogP contribution in [0, 0.1) is 5.92 Å². The second-order valence-corrected chi connectivity index (χ2v) is 5.42. The lowest BCUT2D eigenvalue weighted by Gasteiger charge is -2.22. The molecule has 1 amide bonds. The second-order valence-electron chi connectivity index (χ2n) is 5.01. The summed E-state index contributed by atoms with van der Waals surface area (Å²) in [5, 5.41) is 12.0. The van der Waals surface area contributed by atoms with Crippen molar-refractivity contribution in [3.05, 3.63) is 29.3 Å². The summed E-state index contributed by atoms with van der Waals surface area (Å²) in [5.74, 6) is -1.34. The van der Waals surface area contributed by atoms with E-state index in [2.05, 4.69) is 5.32 Å².